The molecule has 1 aromatic heterocycles. The fourth-order valence-corrected chi connectivity index (χ4v) is 3.63. The molecule has 2 aliphatic rings. The highest BCUT2D eigenvalue weighted by molar-refractivity contribution is 5.62. The van der Waals surface area contributed by atoms with Gasteiger partial charge < -0.3 is 14.2 Å². The van der Waals surface area contributed by atoms with E-state index in [9.17, 15) is 4.79 Å². The van der Waals surface area contributed by atoms with Crippen LogP contribution in [0.1, 0.15) is 49.6 Å². The number of nitrogens with zero attached hydrogens (tertiary/aromatic N) is 1. The number of hydrogen-bond acceptors (Lipinski definition) is 4. The fraction of sp³-hybridized carbons (Fsp3) is 0.292. The molecule has 1 aromatic carbocycles. The van der Waals surface area contributed by atoms with Crippen molar-refractivity contribution >= 4 is 5.76 Å². The second kappa shape index (κ2) is 8.53. The largest absolute Gasteiger partial charge is 0.497 e. The lowest BCUT2D eigenvalue weighted by molar-refractivity contribution is 0.281. The van der Waals surface area contributed by atoms with Gasteiger partial charge >= 0.3 is 0 Å². The molecule has 0 amide bonds. The summed E-state index contributed by atoms with van der Waals surface area (Å²) in [5, 5.41) is 2.96. The fourth-order valence-electron chi connectivity index (χ4n) is 3.63. The summed E-state index contributed by atoms with van der Waals surface area (Å²) in [5.41, 5.74) is 3.31. The Morgan fingerprint density at radius 1 is 1.17 bits per heavy atom. The van der Waals surface area contributed by atoms with Crippen molar-refractivity contribution in [2.24, 2.45) is 0 Å². The van der Waals surface area contributed by atoms with Crippen LogP contribution >= 0.6 is 0 Å². The zero-order chi connectivity index (χ0) is 21.1. The molecule has 6 heteroatoms. The second-order valence-electron chi connectivity index (χ2n) is 7.62. The predicted octanol–water partition coefficient (Wildman–Crippen LogP) is 4.82. The molecule has 0 atom stereocenters. The normalized spacial score (nSPS) is 15.8. The van der Waals surface area contributed by atoms with E-state index >= 15 is 0 Å². The van der Waals surface area contributed by atoms with Gasteiger partial charge in [-0.3, -0.25) is 14.6 Å². The molecule has 0 spiro atoms. The monoisotopic (exact) mass is 406 g/mol. The number of hydrogen-bond donors (Lipinski definition) is 1. The van der Waals surface area contributed by atoms with Gasteiger partial charge in [0.15, 0.2) is 11.5 Å². The molecule has 0 bridgehead atoms. The Hall–Kier alpha value is -3.41. The molecular formula is C24H26N2O4. The van der Waals surface area contributed by atoms with Crippen molar-refractivity contribution in [2.45, 2.75) is 39.2 Å². The van der Waals surface area contributed by atoms with E-state index in [1.54, 1.807) is 19.6 Å². The third-order valence-electron chi connectivity index (χ3n) is 5.21. The number of H-pyrrole nitrogens is 1. The average molecular weight is 406 g/mol. The number of aromatic amines is 1. The molecule has 0 saturated carbocycles. The van der Waals surface area contributed by atoms with Crippen LogP contribution in [0.2, 0.25) is 0 Å². The van der Waals surface area contributed by atoms with Crippen LogP contribution in [0.4, 0.5) is 0 Å². The van der Waals surface area contributed by atoms with Crippen LogP contribution in [0.25, 0.3) is 5.76 Å². The quantitative estimate of drug-likeness (QED) is 0.747. The smallest absolute Gasteiger partial charge is 0.268 e. The Bertz CT molecular complexity index is 1100. The van der Waals surface area contributed by atoms with Crippen LogP contribution < -0.4 is 10.3 Å². The average Bonchev–Trinajstić information content (AvgIpc) is 3.11. The lowest BCUT2D eigenvalue weighted by atomic mass is 10.0. The summed E-state index contributed by atoms with van der Waals surface area (Å²) in [5.74, 6) is 1.98. The van der Waals surface area contributed by atoms with Crippen LogP contribution in [0.5, 0.6) is 5.75 Å². The Labute approximate surface area is 175 Å². The van der Waals surface area contributed by atoms with Gasteiger partial charge in [-0.15, -0.1) is 0 Å². The highest BCUT2D eigenvalue weighted by atomic mass is 16.5. The van der Waals surface area contributed by atoms with Crippen molar-refractivity contribution in [1.29, 1.82) is 0 Å². The van der Waals surface area contributed by atoms with E-state index in [1.165, 1.54) is 0 Å². The summed E-state index contributed by atoms with van der Waals surface area (Å²) in [6.07, 6.45) is 11.7. The van der Waals surface area contributed by atoms with E-state index in [1.807, 2.05) is 54.9 Å². The number of allylic oxidation sites excluding steroid dienone is 4. The van der Waals surface area contributed by atoms with Gasteiger partial charge in [0, 0.05) is 12.5 Å². The molecule has 2 aromatic rings. The summed E-state index contributed by atoms with van der Waals surface area (Å²) in [4.78, 5) is 12.9. The minimum atomic E-state index is -0.130. The molecular weight excluding hydrogens is 380 g/mol. The van der Waals surface area contributed by atoms with E-state index in [4.69, 9.17) is 14.2 Å². The highest BCUT2D eigenvalue weighted by Gasteiger charge is 2.25. The molecule has 2 heterocycles. The van der Waals surface area contributed by atoms with Crippen LogP contribution in [0.15, 0.2) is 71.1 Å². The maximum absolute atomic E-state index is 12.9. The van der Waals surface area contributed by atoms with E-state index < -0.39 is 0 Å². The zero-order valence-electron chi connectivity index (χ0n) is 17.5. The Balaban J connectivity index is 1.69. The number of methoxy groups -OCH3 is 1. The predicted molar refractivity (Wildman–Crippen MR) is 116 cm³/mol. The molecule has 30 heavy (non-hydrogen) atoms. The third kappa shape index (κ3) is 3.99. The lowest BCUT2D eigenvalue weighted by Gasteiger charge is -2.22. The third-order valence-corrected chi connectivity index (χ3v) is 5.21. The van der Waals surface area contributed by atoms with Gasteiger partial charge in [-0.1, -0.05) is 30.4 Å². The number of rotatable bonds is 6. The maximum atomic E-state index is 12.9. The molecule has 0 unspecified atom stereocenters. The van der Waals surface area contributed by atoms with Crippen molar-refractivity contribution < 1.29 is 14.2 Å². The van der Waals surface area contributed by atoms with Gasteiger partial charge in [-0.25, -0.2) is 0 Å². The van der Waals surface area contributed by atoms with Crippen molar-refractivity contribution in [2.75, 3.05) is 7.11 Å². The van der Waals surface area contributed by atoms with E-state index in [-0.39, 0.29) is 11.6 Å². The first kappa shape index (κ1) is 19.9. The van der Waals surface area contributed by atoms with Gasteiger partial charge in [0.25, 0.3) is 5.56 Å². The molecule has 0 radical (unpaired) electrons. The topological polar surface area (TPSA) is 65.5 Å². The highest BCUT2D eigenvalue weighted by Crippen LogP contribution is 2.32. The van der Waals surface area contributed by atoms with Crippen LogP contribution in [-0.4, -0.2) is 16.9 Å². The van der Waals surface area contributed by atoms with Gasteiger partial charge in [-0.2, -0.15) is 0 Å². The number of benzene rings is 1. The molecule has 0 fully saturated rings. The van der Waals surface area contributed by atoms with Crippen LogP contribution in [0, 0.1) is 0 Å². The van der Waals surface area contributed by atoms with Crippen molar-refractivity contribution in [3.05, 3.63) is 93.5 Å². The Kier molecular flexibility index (Phi) is 5.65. The second-order valence-corrected chi connectivity index (χ2v) is 7.62. The number of ether oxygens (including phenoxy) is 3. The minimum absolute atomic E-state index is 0.0491. The van der Waals surface area contributed by atoms with E-state index in [2.05, 4.69) is 11.2 Å². The molecule has 0 saturated heterocycles. The van der Waals surface area contributed by atoms with Gasteiger partial charge in [-0.05, 0) is 50.0 Å². The molecule has 1 aliphatic heterocycles. The maximum Gasteiger partial charge on any atom is 0.268 e. The van der Waals surface area contributed by atoms with Gasteiger partial charge in [0.05, 0.1) is 12.7 Å². The summed E-state index contributed by atoms with van der Waals surface area (Å²) in [6, 6.07) is 7.77. The summed E-state index contributed by atoms with van der Waals surface area (Å²) < 4.78 is 18.9. The first-order chi connectivity index (χ1) is 14.6. The first-order valence-electron chi connectivity index (χ1n) is 10.1. The molecule has 6 nitrogen and oxygen atoms in total. The molecule has 1 aliphatic carbocycles. The van der Waals surface area contributed by atoms with E-state index in [0.29, 0.717) is 29.2 Å². The minimum Gasteiger partial charge on any atom is -0.497 e. The van der Waals surface area contributed by atoms with Gasteiger partial charge in [0.1, 0.15) is 24.0 Å². The number of aromatic nitrogens is 2. The van der Waals surface area contributed by atoms with E-state index in [0.717, 1.165) is 29.7 Å². The summed E-state index contributed by atoms with van der Waals surface area (Å²) in [6.45, 7) is 4.04. The lowest BCUT2D eigenvalue weighted by Crippen LogP contribution is -2.12. The molecule has 4 rings (SSSR count). The Morgan fingerprint density at radius 2 is 1.93 bits per heavy atom. The standard InChI is InChI=1S/C24H26N2O4/c1-16(2)26-23(22-15-29-14-21(30-22)18-7-5-4-6-8-18)20(24(27)25-26)13-17-9-11-19(28-3)12-10-17/h4-5,7,9-12,14-16H,6,8,13H2,1-3H3,(H,25,27). The van der Waals surface area contributed by atoms with Crippen molar-refractivity contribution in [3.63, 3.8) is 0 Å². The SMILES string of the molecule is COc1ccc(Cc2c(C3=COC=C(C4=CC=CCC4)O3)n(C(C)C)[nH]c2=O)cc1. The molecule has 1 N–H and O–H groups in total. The van der Waals surface area contributed by atoms with Crippen LogP contribution in [0.3, 0.4) is 0 Å². The number of nitrogens with one attached hydrogen (secondary N) is 1. The van der Waals surface area contributed by atoms with Crippen molar-refractivity contribution in [1.82, 2.24) is 9.78 Å². The van der Waals surface area contributed by atoms with Gasteiger partial charge in [0.2, 0.25) is 0 Å². The van der Waals surface area contributed by atoms with Crippen LogP contribution in [-0.2, 0) is 15.9 Å². The molecule has 156 valence electrons. The van der Waals surface area contributed by atoms with Crippen molar-refractivity contribution in [3.8, 4) is 5.75 Å². The summed E-state index contributed by atoms with van der Waals surface area (Å²) >= 11 is 0. The first-order valence-corrected chi connectivity index (χ1v) is 10.1. The zero-order valence-corrected chi connectivity index (χ0v) is 17.5. The Morgan fingerprint density at radius 3 is 2.60 bits per heavy atom. The summed E-state index contributed by atoms with van der Waals surface area (Å²) in [7, 11) is 1.64.